The predicted molar refractivity (Wildman–Crippen MR) is 82.9 cm³/mol. The molecule has 2 aromatic rings. The Morgan fingerprint density at radius 2 is 2.14 bits per heavy atom. The predicted octanol–water partition coefficient (Wildman–Crippen LogP) is 3.86. The van der Waals surface area contributed by atoms with Gasteiger partial charge in [-0.05, 0) is 50.1 Å². The van der Waals surface area contributed by atoms with Gasteiger partial charge in [0.15, 0.2) is 0 Å². The molecule has 1 N–H and O–H groups in total. The number of aryl methyl sites for hydroxylation is 1. The fraction of sp³-hybridized carbons (Fsp3) is 0.375. The Kier molecular flexibility index (Phi) is 5.65. The zero-order valence-electron chi connectivity index (χ0n) is 12.2. The number of halogens is 2. The second-order valence-corrected chi connectivity index (χ2v) is 5.40. The van der Waals surface area contributed by atoms with Crippen molar-refractivity contribution in [2.75, 3.05) is 6.54 Å². The number of benzene rings is 1. The minimum Gasteiger partial charge on any atom is -0.308 e. The van der Waals surface area contributed by atoms with E-state index >= 15 is 0 Å². The van der Waals surface area contributed by atoms with Crippen LogP contribution in [0.25, 0.3) is 0 Å². The van der Waals surface area contributed by atoms with Gasteiger partial charge in [0.2, 0.25) is 0 Å². The van der Waals surface area contributed by atoms with Gasteiger partial charge in [0, 0.05) is 6.20 Å². The Hall–Kier alpha value is -1.52. The van der Waals surface area contributed by atoms with E-state index in [9.17, 15) is 4.39 Å². The lowest BCUT2D eigenvalue weighted by Gasteiger charge is -2.18. The highest BCUT2D eigenvalue weighted by Gasteiger charge is 2.14. The lowest BCUT2D eigenvalue weighted by molar-refractivity contribution is 0.515. The van der Waals surface area contributed by atoms with Crippen LogP contribution in [0.2, 0.25) is 5.02 Å². The molecule has 0 fully saturated rings. The van der Waals surface area contributed by atoms with Crippen LogP contribution >= 0.6 is 11.6 Å². The molecule has 0 spiro atoms. The van der Waals surface area contributed by atoms with Gasteiger partial charge in [-0.1, -0.05) is 24.6 Å². The van der Waals surface area contributed by atoms with Gasteiger partial charge < -0.3 is 5.32 Å². The van der Waals surface area contributed by atoms with Crippen LogP contribution in [0.1, 0.15) is 36.5 Å². The first kappa shape index (κ1) is 15.9. The normalized spacial score (nSPS) is 12.4. The van der Waals surface area contributed by atoms with Crippen LogP contribution < -0.4 is 5.32 Å². The number of aromatic nitrogens is 2. The Morgan fingerprint density at radius 1 is 1.33 bits per heavy atom. The highest BCUT2D eigenvalue weighted by atomic mass is 35.5. The zero-order valence-corrected chi connectivity index (χ0v) is 13.0. The van der Waals surface area contributed by atoms with E-state index in [1.54, 1.807) is 18.3 Å². The minimum atomic E-state index is -0.392. The van der Waals surface area contributed by atoms with Crippen molar-refractivity contribution in [2.45, 2.75) is 32.7 Å². The lowest BCUT2D eigenvalue weighted by Crippen LogP contribution is -2.25. The summed E-state index contributed by atoms with van der Waals surface area (Å²) in [6.07, 6.45) is 3.50. The quantitative estimate of drug-likeness (QED) is 0.880. The van der Waals surface area contributed by atoms with E-state index in [-0.39, 0.29) is 11.1 Å². The highest BCUT2D eigenvalue weighted by molar-refractivity contribution is 6.30. The number of nitrogens with zero attached hydrogens (tertiary/aromatic N) is 2. The molecule has 0 aliphatic heterocycles. The van der Waals surface area contributed by atoms with Crippen molar-refractivity contribution in [3.63, 3.8) is 0 Å². The summed E-state index contributed by atoms with van der Waals surface area (Å²) in [5.41, 5.74) is 1.92. The smallest absolute Gasteiger partial charge is 0.141 e. The molecule has 1 heterocycles. The summed E-state index contributed by atoms with van der Waals surface area (Å²) in [7, 11) is 0. The van der Waals surface area contributed by atoms with Gasteiger partial charge >= 0.3 is 0 Å². The SMILES string of the molecule is CCCNC(Cc1ccc(F)c(Cl)c1)c1ccnc(C)n1. The second-order valence-electron chi connectivity index (χ2n) is 4.99. The Balaban J connectivity index is 2.21. The first-order chi connectivity index (χ1) is 10.1. The Bertz CT molecular complexity index is 604. The van der Waals surface area contributed by atoms with E-state index in [2.05, 4.69) is 22.2 Å². The molecule has 0 saturated heterocycles. The molecule has 21 heavy (non-hydrogen) atoms. The van der Waals surface area contributed by atoms with Crippen molar-refractivity contribution in [3.8, 4) is 0 Å². The number of nitrogens with one attached hydrogen (secondary N) is 1. The molecule has 0 aliphatic rings. The third-order valence-corrected chi connectivity index (χ3v) is 3.51. The summed E-state index contributed by atoms with van der Waals surface area (Å²) in [5, 5.41) is 3.62. The molecule has 112 valence electrons. The number of hydrogen-bond donors (Lipinski definition) is 1. The fourth-order valence-corrected chi connectivity index (χ4v) is 2.37. The first-order valence-corrected chi connectivity index (χ1v) is 7.44. The molecule has 1 unspecified atom stereocenters. The molecular formula is C16H19ClFN3. The summed E-state index contributed by atoms with van der Waals surface area (Å²) in [5.74, 6) is 0.351. The molecule has 0 bridgehead atoms. The van der Waals surface area contributed by atoms with Crippen molar-refractivity contribution in [1.82, 2.24) is 15.3 Å². The van der Waals surface area contributed by atoms with Crippen molar-refractivity contribution in [2.24, 2.45) is 0 Å². The molecule has 5 heteroatoms. The minimum absolute atomic E-state index is 0.0631. The van der Waals surface area contributed by atoms with Gasteiger partial charge in [0.1, 0.15) is 11.6 Å². The number of rotatable bonds is 6. The van der Waals surface area contributed by atoms with Crippen LogP contribution in [-0.2, 0) is 6.42 Å². The van der Waals surface area contributed by atoms with E-state index < -0.39 is 5.82 Å². The first-order valence-electron chi connectivity index (χ1n) is 7.07. The summed E-state index contributed by atoms with van der Waals surface area (Å²) < 4.78 is 13.2. The van der Waals surface area contributed by atoms with E-state index in [0.717, 1.165) is 30.0 Å². The molecule has 0 aliphatic carbocycles. The molecule has 1 aromatic heterocycles. The third-order valence-electron chi connectivity index (χ3n) is 3.22. The van der Waals surface area contributed by atoms with E-state index in [4.69, 9.17) is 11.6 Å². The molecule has 1 atom stereocenters. The van der Waals surface area contributed by atoms with Gasteiger partial charge in [-0.2, -0.15) is 0 Å². The molecule has 0 radical (unpaired) electrons. The van der Waals surface area contributed by atoms with E-state index in [1.807, 2.05) is 13.0 Å². The lowest BCUT2D eigenvalue weighted by atomic mass is 10.0. The number of hydrogen-bond acceptors (Lipinski definition) is 3. The summed E-state index contributed by atoms with van der Waals surface area (Å²) in [6, 6.07) is 6.81. The molecule has 2 rings (SSSR count). The summed E-state index contributed by atoms with van der Waals surface area (Å²) in [6.45, 7) is 4.88. The van der Waals surface area contributed by atoms with Crippen molar-refractivity contribution >= 4 is 11.6 Å². The van der Waals surface area contributed by atoms with Crippen LogP contribution in [0.5, 0.6) is 0 Å². The molecular weight excluding hydrogens is 289 g/mol. The molecule has 0 saturated carbocycles. The van der Waals surface area contributed by atoms with E-state index in [0.29, 0.717) is 6.42 Å². The van der Waals surface area contributed by atoms with Crippen LogP contribution in [0.3, 0.4) is 0 Å². The standard InChI is InChI=1S/C16H19ClFN3/c1-3-7-20-16(15-6-8-19-11(2)21-15)10-12-4-5-14(18)13(17)9-12/h4-6,8-9,16,20H,3,7,10H2,1-2H3. The van der Waals surface area contributed by atoms with Gasteiger partial charge in [-0.25, -0.2) is 14.4 Å². The van der Waals surface area contributed by atoms with E-state index in [1.165, 1.54) is 6.07 Å². The van der Waals surface area contributed by atoms with Gasteiger partial charge in [-0.15, -0.1) is 0 Å². The molecule has 1 aromatic carbocycles. The van der Waals surface area contributed by atoms with Gasteiger partial charge in [-0.3, -0.25) is 0 Å². The largest absolute Gasteiger partial charge is 0.308 e. The van der Waals surface area contributed by atoms with Gasteiger partial charge in [0.25, 0.3) is 0 Å². The van der Waals surface area contributed by atoms with Crippen LogP contribution in [0.4, 0.5) is 4.39 Å². The maximum absolute atomic E-state index is 13.2. The maximum atomic E-state index is 13.2. The third kappa shape index (κ3) is 4.48. The van der Waals surface area contributed by atoms with Crippen LogP contribution in [0, 0.1) is 12.7 Å². The zero-order chi connectivity index (χ0) is 15.2. The topological polar surface area (TPSA) is 37.8 Å². The molecule has 3 nitrogen and oxygen atoms in total. The Morgan fingerprint density at radius 3 is 2.81 bits per heavy atom. The average Bonchev–Trinajstić information content (AvgIpc) is 2.47. The highest BCUT2D eigenvalue weighted by Crippen LogP contribution is 2.21. The monoisotopic (exact) mass is 307 g/mol. The summed E-state index contributed by atoms with van der Waals surface area (Å²) >= 11 is 5.85. The van der Waals surface area contributed by atoms with Crippen LogP contribution in [0.15, 0.2) is 30.5 Å². The van der Waals surface area contributed by atoms with Crippen molar-refractivity contribution < 1.29 is 4.39 Å². The fourth-order valence-electron chi connectivity index (χ4n) is 2.17. The van der Waals surface area contributed by atoms with Crippen LogP contribution in [-0.4, -0.2) is 16.5 Å². The Labute approximate surface area is 129 Å². The second kappa shape index (κ2) is 7.48. The van der Waals surface area contributed by atoms with Crippen molar-refractivity contribution in [3.05, 3.63) is 58.4 Å². The van der Waals surface area contributed by atoms with Gasteiger partial charge in [0.05, 0.1) is 16.8 Å². The molecule has 0 amide bonds. The maximum Gasteiger partial charge on any atom is 0.141 e. The average molecular weight is 308 g/mol. The van der Waals surface area contributed by atoms with Crippen molar-refractivity contribution in [1.29, 1.82) is 0 Å². The summed E-state index contributed by atoms with van der Waals surface area (Å²) in [4.78, 5) is 8.61.